The Hall–Kier alpha value is -0.170. The van der Waals surface area contributed by atoms with Gasteiger partial charge < -0.3 is 5.11 Å². The van der Waals surface area contributed by atoms with Crippen LogP contribution in [-0.4, -0.2) is 14.9 Å². The van der Waals surface area contributed by atoms with Crippen molar-refractivity contribution in [3.8, 4) is 0 Å². The van der Waals surface area contributed by atoms with E-state index in [-0.39, 0.29) is 0 Å². The maximum atomic E-state index is 10.1. The van der Waals surface area contributed by atoms with Crippen molar-refractivity contribution in [1.82, 2.24) is 9.78 Å². The summed E-state index contributed by atoms with van der Waals surface area (Å²) in [5, 5.41) is 14.2. The molecule has 0 saturated carbocycles. The van der Waals surface area contributed by atoms with Crippen LogP contribution in [0.2, 0.25) is 0 Å². The molecule has 1 atom stereocenters. The second-order valence-electron chi connectivity index (χ2n) is 3.78. The van der Waals surface area contributed by atoms with E-state index in [2.05, 4.69) is 37.0 Å². The van der Waals surface area contributed by atoms with Gasteiger partial charge in [0.15, 0.2) is 0 Å². The van der Waals surface area contributed by atoms with Crippen molar-refractivity contribution in [3.05, 3.63) is 37.2 Å². The molecule has 2 aromatic heterocycles. The first-order chi connectivity index (χ1) is 8.08. The Balaban J connectivity index is 2.00. The predicted molar refractivity (Wildman–Crippen MR) is 76.2 cm³/mol. The molecule has 0 bridgehead atoms. The summed E-state index contributed by atoms with van der Waals surface area (Å²) < 4.78 is 3.85. The zero-order valence-corrected chi connectivity index (χ0v) is 13.2. The average molecular weight is 380 g/mol. The van der Waals surface area contributed by atoms with Gasteiger partial charge in [-0.1, -0.05) is 0 Å². The average Bonchev–Trinajstić information content (AvgIpc) is 2.81. The molecule has 0 aliphatic heterocycles. The van der Waals surface area contributed by atoms with Crippen molar-refractivity contribution in [2.24, 2.45) is 7.05 Å². The molecule has 1 N–H and O–H groups in total. The molecule has 17 heavy (non-hydrogen) atoms. The monoisotopic (exact) mass is 378 g/mol. The number of rotatable bonds is 4. The Kier molecular flexibility index (Phi) is 4.41. The van der Waals surface area contributed by atoms with Crippen LogP contribution in [0.3, 0.4) is 0 Å². The molecule has 0 fully saturated rings. The van der Waals surface area contributed by atoms with Gasteiger partial charge in [0.2, 0.25) is 0 Å². The van der Waals surface area contributed by atoms with Crippen molar-refractivity contribution in [3.63, 3.8) is 0 Å². The van der Waals surface area contributed by atoms with Gasteiger partial charge >= 0.3 is 0 Å². The quantitative estimate of drug-likeness (QED) is 0.879. The zero-order chi connectivity index (χ0) is 12.4. The summed E-state index contributed by atoms with van der Waals surface area (Å²) in [5.41, 5.74) is 2.08. The highest BCUT2D eigenvalue weighted by Crippen LogP contribution is 2.36. The number of aromatic nitrogens is 2. The van der Waals surface area contributed by atoms with Gasteiger partial charge in [0.25, 0.3) is 0 Å². The highest BCUT2D eigenvalue weighted by atomic mass is 79.9. The Morgan fingerprint density at radius 1 is 1.53 bits per heavy atom. The molecule has 0 aliphatic rings. The molecule has 0 aliphatic carbocycles. The van der Waals surface area contributed by atoms with Gasteiger partial charge in [0, 0.05) is 24.5 Å². The third-order valence-electron chi connectivity index (χ3n) is 2.64. The molecule has 2 heterocycles. The van der Waals surface area contributed by atoms with Crippen LogP contribution in [0.15, 0.2) is 25.9 Å². The molecule has 0 spiro atoms. The Labute approximate surface area is 121 Å². The first-order valence-electron chi connectivity index (χ1n) is 5.17. The minimum absolute atomic E-state index is 0.443. The summed E-state index contributed by atoms with van der Waals surface area (Å²) >= 11 is 8.46. The van der Waals surface area contributed by atoms with Gasteiger partial charge in [-0.2, -0.15) is 5.10 Å². The number of aliphatic hydroxyl groups is 1. The Morgan fingerprint density at radius 3 is 2.82 bits per heavy atom. The van der Waals surface area contributed by atoms with E-state index in [0.29, 0.717) is 6.42 Å². The third kappa shape index (κ3) is 3.19. The maximum Gasteiger partial charge on any atom is 0.0813 e. The van der Waals surface area contributed by atoms with Crippen LogP contribution in [-0.2, 0) is 13.5 Å². The van der Waals surface area contributed by atoms with Crippen molar-refractivity contribution >= 4 is 43.2 Å². The fourth-order valence-corrected chi connectivity index (χ4v) is 4.62. The first-order valence-corrected chi connectivity index (χ1v) is 7.58. The van der Waals surface area contributed by atoms with E-state index in [1.807, 2.05) is 23.9 Å². The zero-order valence-electron chi connectivity index (χ0n) is 9.23. The summed E-state index contributed by atoms with van der Waals surface area (Å²) in [7, 11) is 1.92. The summed E-state index contributed by atoms with van der Waals surface area (Å²) in [6.45, 7) is 0. The van der Waals surface area contributed by atoms with Crippen LogP contribution in [0.4, 0.5) is 0 Å². The lowest BCUT2D eigenvalue weighted by atomic mass is 10.1. The normalized spacial score (nSPS) is 12.9. The van der Waals surface area contributed by atoms with E-state index < -0.39 is 6.10 Å². The van der Waals surface area contributed by atoms with Crippen molar-refractivity contribution in [2.75, 3.05) is 0 Å². The van der Waals surface area contributed by atoms with Gasteiger partial charge in [-0.15, -0.1) is 11.3 Å². The molecule has 0 aromatic carbocycles. The van der Waals surface area contributed by atoms with Crippen LogP contribution in [0.5, 0.6) is 0 Å². The van der Waals surface area contributed by atoms with Crippen molar-refractivity contribution < 1.29 is 5.11 Å². The third-order valence-corrected chi connectivity index (χ3v) is 5.02. The fourth-order valence-electron chi connectivity index (χ4n) is 1.67. The molecule has 1 unspecified atom stereocenters. The number of halogens is 2. The SMILES string of the molecule is Cn1nccc1CCC(O)c1cc(Br)sc1Br. The summed E-state index contributed by atoms with van der Waals surface area (Å²) in [4.78, 5) is 0. The lowest BCUT2D eigenvalue weighted by Gasteiger charge is -2.09. The number of hydrogen-bond acceptors (Lipinski definition) is 3. The molecular formula is C11H12Br2N2OS. The van der Waals surface area contributed by atoms with E-state index >= 15 is 0 Å². The first kappa shape index (κ1) is 13.3. The number of aryl methyl sites for hydroxylation is 2. The minimum Gasteiger partial charge on any atom is -0.388 e. The number of nitrogens with zero attached hydrogens (tertiary/aromatic N) is 2. The second kappa shape index (κ2) is 5.65. The molecule has 2 rings (SSSR count). The molecule has 0 radical (unpaired) electrons. The number of thiophene rings is 1. The standard InChI is InChI=1S/C11H12Br2N2OS/c1-15-7(4-5-14-15)2-3-9(16)8-6-10(12)17-11(8)13/h4-6,9,16H,2-3H2,1H3. The van der Waals surface area contributed by atoms with Crippen LogP contribution in [0.25, 0.3) is 0 Å². The van der Waals surface area contributed by atoms with Crippen molar-refractivity contribution in [2.45, 2.75) is 18.9 Å². The van der Waals surface area contributed by atoms with Gasteiger partial charge in [0.1, 0.15) is 0 Å². The topological polar surface area (TPSA) is 38.0 Å². The minimum atomic E-state index is -0.443. The van der Waals surface area contributed by atoms with E-state index in [4.69, 9.17) is 0 Å². The smallest absolute Gasteiger partial charge is 0.0813 e. The Bertz CT molecular complexity index is 509. The van der Waals surface area contributed by atoms with Crippen LogP contribution >= 0.6 is 43.2 Å². The molecule has 0 amide bonds. The van der Waals surface area contributed by atoms with Crippen LogP contribution < -0.4 is 0 Å². The summed E-state index contributed by atoms with van der Waals surface area (Å²) in [5.74, 6) is 0. The second-order valence-corrected chi connectivity index (χ2v) is 7.53. The highest BCUT2D eigenvalue weighted by molar-refractivity contribution is 9.12. The fraction of sp³-hybridized carbons (Fsp3) is 0.364. The van der Waals surface area contributed by atoms with Gasteiger partial charge in [0.05, 0.1) is 13.7 Å². The molecule has 6 heteroatoms. The predicted octanol–water partition coefficient (Wildman–Crippen LogP) is 3.67. The van der Waals surface area contributed by atoms with Crippen LogP contribution in [0.1, 0.15) is 23.8 Å². The van der Waals surface area contributed by atoms with E-state index in [9.17, 15) is 5.11 Å². The number of hydrogen-bond donors (Lipinski definition) is 1. The maximum absolute atomic E-state index is 10.1. The molecule has 92 valence electrons. The summed E-state index contributed by atoms with van der Waals surface area (Å²) in [6.07, 6.45) is 2.85. The van der Waals surface area contributed by atoms with Crippen molar-refractivity contribution in [1.29, 1.82) is 0 Å². The largest absolute Gasteiger partial charge is 0.388 e. The van der Waals surface area contributed by atoms with Crippen LogP contribution in [0, 0.1) is 0 Å². The molecule has 2 aromatic rings. The Morgan fingerprint density at radius 2 is 2.29 bits per heavy atom. The van der Waals surface area contributed by atoms with Gasteiger partial charge in [-0.25, -0.2) is 0 Å². The lowest BCUT2D eigenvalue weighted by molar-refractivity contribution is 0.167. The van der Waals surface area contributed by atoms with E-state index in [0.717, 1.165) is 25.3 Å². The van der Waals surface area contributed by atoms with E-state index in [1.165, 1.54) is 0 Å². The molecule has 3 nitrogen and oxygen atoms in total. The van der Waals surface area contributed by atoms with E-state index in [1.54, 1.807) is 17.5 Å². The lowest BCUT2D eigenvalue weighted by Crippen LogP contribution is -2.03. The summed E-state index contributed by atoms with van der Waals surface area (Å²) in [6, 6.07) is 3.94. The molecule has 0 saturated heterocycles. The number of aliphatic hydroxyl groups excluding tert-OH is 1. The van der Waals surface area contributed by atoms with Gasteiger partial charge in [-0.05, 0) is 56.8 Å². The highest BCUT2D eigenvalue weighted by Gasteiger charge is 2.15. The van der Waals surface area contributed by atoms with Gasteiger partial charge in [-0.3, -0.25) is 4.68 Å². The molecular weight excluding hydrogens is 368 g/mol.